The van der Waals surface area contributed by atoms with Crippen molar-refractivity contribution in [2.24, 2.45) is 7.05 Å². The Labute approximate surface area is 85.7 Å². The van der Waals surface area contributed by atoms with Crippen molar-refractivity contribution in [1.82, 2.24) is 19.5 Å². The lowest BCUT2D eigenvalue weighted by Crippen LogP contribution is -1.99. The lowest BCUT2D eigenvalue weighted by Gasteiger charge is -2.01. The maximum absolute atomic E-state index is 5.95. The van der Waals surface area contributed by atoms with Gasteiger partial charge < -0.3 is 9.30 Å². The van der Waals surface area contributed by atoms with Crippen LogP contribution in [0.3, 0.4) is 0 Å². The minimum Gasteiger partial charge on any atom is -0.464 e. The average Bonchev–Trinajstić information content (AvgIpc) is 2.48. The molecule has 2 aromatic heterocycles. The Kier molecular flexibility index (Phi) is 2.25. The lowest BCUT2D eigenvalue weighted by atomic mass is 10.5. The average molecular weight is 213 g/mol. The molecule has 2 rings (SSSR count). The molecule has 0 aliphatic heterocycles. The van der Waals surface area contributed by atoms with E-state index in [4.69, 9.17) is 16.3 Å². The SMILES string of the molecule is CCOc1nc(Cl)c2c(ncn2C)n1. The second kappa shape index (κ2) is 3.42. The topological polar surface area (TPSA) is 52.8 Å². The monoisotopic (exact) mass is 212 g/mol. The Morgan fingerprint density at radius 3 is 3.00 bits per heavy atom. The highest BCUT2D eigenvalue weighted by Gasteiger charge is 2.10. The predicted molar refractivity (Wildman–Crippen MR) is 52.5 cm³/mol. The lowest BCUT2D eigenvalue weighted by molar-refractivity contribution is 0.314. The molecule has 0 aliphatic rings. The minimum absolute atomic E-state index is 0.267. The maximum Gasteiger partial charge on any atom is 0.320 e. The van der Waals surface area contributed by atoms with Gasteiger partial charge in [-0.2, -0.15) is 9.97 Å². The van der Waals surface area contributed by atoms with Gasteiger partial charge in [0.2, 0.25) is 0 Å². The molecule has 0 N–H and O–H groups in total. The third-order valence-corrected chi connectivity index (χ3v) is 2.05. The smallest absolute Gasteiger partial charge is 0.320 e. The van der Waals surface area contributed by atoms with Gasteiger partial charge in [0.1, 0.15) is 5.52 Å². The number of rotatable bonds is 2. The van der Waals surface area contributed by atoms with Crippen molar-refractivity contribution in [1.29, 1.82) is 0 Å². The summed E-state index contributed by atoms with van der Waals surface area (Å²) < 4.78 is 6.92. The molecule has 0 aliphatic carbocycles. The van der Waals surface area contributed by atoms with Crippen molar-refractivity contribution < 1.29 is 4.74 Å². The zero-order chi connectivity index (χ0) is 10.1. The van der Waals surface area contributed by atoms with Crippen LogP contribution in [0.15, 0.2) is 6.33 Å². The van der Waals surface area contributed by atoms with Gasteiger partial charge in [-0.25, -0.2) is 4.98 Å². The van der Waals surface area contributed by atoms with Crippen LogP contribution in [0.2, 0.25) is 5.15 Å². The zero-order valence-corrected chi connectivity index (χ0v) is 8.62. The van der Waals surface area contributed by atoms with Gasteiger partial charge in [-0.05, 0) is 6.92 Å². The molecule has 0 saturated carbocycles. The summed E-state index contributed by atoms with van der Waals surface area (Å²) in [6.07, 6.45) is 1.64. The molecule has 0 bridgehead atoms. The molecule has 0 amide bonds. The van der Waals surface area contributed by atoms with Crippen LogP contribution < -0.4 is 4.74 Å². The Balaban J connectivity index is 2.62. The molecular formula is C8H9ClN4O. The zero-order valence-electron chi connectivity index (χ0n) is 7.86. The van der Waals surface area contributed by atoms with Gasteiger partial charge in [-0.1, -0.05) is 11.6 Å². The number of ether oxygens (including phenoxy) is 1. The van der Waals surface area contributed by atoms with E-state index in [1.807, 2.05) is 14.0 Å². The number of hydrogen-bond acceptors (Lipinski definition) is 4. The second-order valence-electron chi connectivity index (χ2n) is 2.76. The minimum atomic E-state index is 0.267. The fourth-order valence-electron chi connectivity index (χ4n) is 1.18. The largest absolute Gasteiger partial charge is 0.464 e. The van der Waals surface area contributed by atoms with Crippen LogP contribution in [0.4, 0.5) is 0 Å². The molecule has 0 saturated heterocycles. The normalized spacial score (nSPS) is 10.8. The first kappa shape index (κ1) is 9.21. The number of imidazole rings is 1. The van der Waals surface area contributed by atoms with Crippen LogP contribution in [-0.2, 0) is 7.05 Å². The van der Waals surface area contributed by atoms with E-state index in [1.54, 1.807) is 10.9 Å². The van der Waals surface area contributed by atoms with Crippen molar-refractivity contribution >= 4 is 22.8 Å². The van der Waals surface area contributed by atoms with Crippen molar-refractivity contribution in [3.8, 4) is 6.01 Å². The first-order valence-electron chi connectivity index (χ1n) is 4.19. The Morgan fingerprint density at radius 2 is 2.29 bits per heavy atom. The van der Waals surface area contributed by atoms with E-state index in [2.05, 4.69) is 15.0 Å². The molecule has 2 aromatic rings. The maximum atomic E-state index is 5.95. The molecule has 6 heteroatoms. The number of aromatic nitrogens is 4. The summed E-state index contributed by atoms with van der Waals surface area (Å²) in [6, 6.07) is 0.267. The molecule has 14 heavy (non-hydrogen) atoms. The van der Waals surface area contributed by atoms with Gasteiger partial charge in [0.25, 0.3) is 0 Å². The van der Waals surface area contributed by atoms with Crippen LogP contribution in [0.1, 0.15) is 6.92 Å². The Hall–Kier alpha value is -1.36. The summed E-state index contributed by atoms with van der Waals surface area (Å²) in [4.78, 5) is 12.2. The summed E-state index contributed by atoms with van der Waals surface area (Å²) in [5.41, 5.74) is 1.27. The fourth-order valence-corrected chi connectivity index (χ4v) is 1.47. The fraction of sp³-hybridized carbons (Fsp3) is 0.375. The first-order chi connectivity index (χ1) is 6.72. The summed E-state index contributed by atoms with van der Waals surface area (Å²) in [5.74, 6) is 0. The van der Waals surface area contributed by atoms with Crippen LogP contribution >= 0.6 is 11.6 Å². The molecule has 0 unspecified atom stereocenters. The van der Waals surface area contributed by atoms with Crippen molar-refractivity contribution in [3.05, 3.63) is 11.5 Å². The summed E-state index contributed by atoms with van der Waals surface area (Å²) in [5, 5.41) is 0.360. The Morgan fingerprint density at radius 1 is 1.50 bits per heavy atom. The highest BCUT2D eigenvalue weighted by atomic mass is 35.5. The van der Waals surface area contributed by atoms with Crippen LogP contribution in [-0.4, -0.2) is 26.1 Å². The van der Waals surface area contributed by atoms with Crippen molar-refractivity contribution in [3.63, 3.8) is 0 Å². The number of aryl methyl sites for hydroxylation is 1. The molecular weight excluding hydrogens is 204 g/mol. The van der Waals surface area contributed by atoms with Gasteiger partial charge in [0.15, 0.2) is 10.8 Å². The highest BCUT2D eigenvalue weighted by molar-refractivity contribution is 6.33. The van der Waals surface area contributed by atoms with Crippen LogP contribution in [0.25, 0.3) is 11.2 Å². The number of hydrogen-bond donors (Lipinski definition) is 0. The second-order valence-corrected chi connectivity index (χ2v) is 3.12. The number of halogens is 1. The van der Waals surface area contributed by atoms with E-state index < -0.39 is 0 Å². The third-order valence-electron chi connectivity index (χ3n) is 1.78. The van der Waals surface area contributed by atoms with Crippen molar-refractivity contribution in [2.75, 3.05) is 6.61 Å². The summed E-state index contributed by atoms with van der Waals surface area (Å²) in [7, 11) is 1.84. The molecule has 74 valence electrons. The van der Waals surface area contributed by atoms with Gasteiger partial charge in [0, 0.05) is 7.05 Å². The van der Waals surface area contributed by atoms with E-state index in [1.165, 1.54) is 0 Å². The molecule has 2 heterocycles. The molecule has 5 nitrogen and oxygen atoms in total. The van der Waals surface area contributed by atoms with Gasteiger partial charge in [-0.15, -0.1) is 0 Å². The van der Waals surface area contributed by atoms with Gasteiger partial charge >= 0.3 is 6.01 Å². The quantitative estimate of drug-likeness (QED) is 0.707. The predicted octanol–water partition coefficient (Wildman–Crippen LogP) is 1.42. The third kappa shape index (κ3) is 1.39. The molecule has 0 fully saturated rings. The highest BCUT2D eigenvalue weighted by Crippen LogP contribution is 2.20. The van der Waals surface area contributed by atoms with Gasteiger partial charge in [0.05, 0.1) is 12.9 Å². The van der Waals surface area contributed by atoms with Crippen LogP contribution in [0.5, 0.6) is 6.01 Å². The van der Waals surface area contributed by atoms with E-state index >= 15 is 0 Å². The number of nitrogens with zero attached hydrogens (tertiary/aromatic N) is 4. The first-order valence-corrected chi connectivity index (χ1v) is 4.57. The van der Waals surface area contributed by atoms with Crippen LogP contribution in [0, 0.1) is 0 Å². The molecule has 0 aromatic carbocycles. The number of fused-ring (bicyclic) bond motifs is 1. The van der Waals surface area contributed by atoms with Crippen molar-refractivity contribution in [2.45, 2.75) is 6.92 Å². The summed E-state index contributed by atoms with van der Waals surface area (Å²) in [6.45, 7) is 2.37. The van der Waals surface area contributed by atoms with Gasteiger partial charge in [-0.3, -0.25) is 0 Å². The van der Waals surface area contributed by atoms with E-state index in [9.17, 15) is 0 Å². The molecule has 0 atom stereocenters. The van der Waals surface area contributed by atoms with E-state index in [0.29, 0.717) is 17.4 Å². The molecule has 0 radical (unpaired) electrons. The summed E-state index contributed by atoms with van der Waals surface area (Å²) >= 11 is 5.95. The standard InChI is InChI=1S/C8H9ClN4O/c1-3-14-8-11-6(9)5-7(12-8)10-4-13(5)2/h4H,3H2,1-2H3. The van der Waals surface area contributed by atoms with E-state index in [0.717, 1.165) is 5.52 Å². The Bertz CT molecular complexity index is 468. The molecule has 0 spiro atoms. The van der Waals surface area contributed by atoms with E-state index in [-0.39, 0.29) is 6.01 Å².